The lowest BCUT2D eigenvalue weighted by Gasteiger charge is -2.30. The maximum absolute atomic E-state index is 13.0. The second-order valence-electron chi connectivity index (χ2n) is 13.7. The highest BCUT2D eigenvalue weighted by Crippen LogP contribution is 2.50. The van der Waals surface area contributed by atoms with E-state index in [1.54, 1.807) is 48.8 Å². The first kappa shape index (κ1) is 39.4. The molecule has 10 atom stereocenters. The van der Waals surface area contributed by atoms with Crippen molar-refractivity contribution in [3.05, 3.63) is 116 Å². The Morgan fingerprint density at radius 1 is 0.642 bits per heavy atom. The van der Waals surface area contributed by atoms with E-state index in [2.05, 4.69) is 20.6 Å². The van der Waals surface area contributed by atoms with Crippen molar-refractivity contribution >= 4 is 69.6 Å². The Morgan fingerprint density at radius 3 is 1.40 bits per heavy atom. The second-order valence-corrected chi connectivity index (χ2v) is 15.3. The summed E-state index contributed by atoms with van der Waals surface area (Å²) in [4.78, 5) is 34.5. The van der Waals surface area contributed by atoms with Crippen molar-refractivity contribution in [1.29, 1.82) is 0 Å². The number of hydrogen-bond acceptors (Lipinski definition) is 8. The molecule has 0 unspecified atom stereocenters. The first-order valence-corrected chi connectivity index (χ1v) is 18.4. The lowest BCUT2D eigenvalue weighted by molar-refractivity contribution is -0.122. The van der Waals surface area contributed by atoms with Crippen molar-refractivity contribution in [3.63, 3.8) is 0 Å². The molecule has 0 saturated carbocycles. The zero-order valence-electron chi connectivity index (χ0n) is 28.0. The number of nitrogens with one attached hydrogen (secondary N) is 2. The first-order valence-electron chi connectivity index (χ1n) is 16.9. The van der Waals surface area contributed by atoms with Crippen LogP contribution in [0.4, 0.5) is 11.4 Å². The van der Waals surface area contributed by atoms with Gasteiger partial charge in [0.1, 0.15) is 0 Å². The number of pyridine rings is 2. The molecule has 2 aromatic heterocycles. The van der Waals surface area contributed by atoms with E-state index in [9.17, 15) is 19.8 Å². The van der Waals surface area contributed by atoms with Crippen LogP contribution in [0.2, 0.25) is 20.1 Å². The highest BCUT2D eigenvalue weighted by Gasteiger charge is 2.58. The molecule has 4 aliphatic heterocycles. The minimum Gasteiger partial charge on any atom is -0.390 e. The average molecular weight is 803 g/mol. The summed E-state index contributed by atoms with van der Waals surface area (Å²) < 4.78 is 11.9. The predicted molar refractivity (Wildman–Crippen MR) is 206 cm³/mol. The number of amides is 2. The lowest BCUT2D eigenvalue weighted by Crippen LogP contribution is -2.41. The van der Waals surface area contributed by atoms with E-state index in [0.717, 1.165) is 22.5 Å². The van der Waals surface area contributed by atoms with Gasteiger partial charge in [-0.2, -0.15) is 0 Å². The van der Waals surface area contributed by atoms with Crippen molar-refractivity contribution in [2.45, 2.75) is 82.6 Å². The number of halogens is 4. The van der Waals surface area contributed by atoms with Gasteiger partial charge >= 0.3 is 0 Å². The number of hydrogen-bond donors (Lipinski definition) is 4. The smallest absolute Gasteiger partial charge is 0.230 e. The average Bonchev–Trinajstić information content (AvgIpc) is 3.87. The van der Waals surface area contributed by atoms with E-state index in [4.69, 9.17) is 55.9 Å². The fraction of sp³-hybridized carbons (Fsp3) is 0.385. The van der Waals surface area contributed by atoms with Gasteiger partial charge in [0.2, 0.25) is 11.8 Å². The van der Waals surface area contributed by atoms with Crippen LogP contribution in [0.25, 0.3) is 0 Å². The lowest BCUT2D eigenvalue weighted by atomic mass is 9.74. The molecule has 2 aromatic carbocycles. The van der Waals surface area contributed by atoms with Gasteiger partial charge in [-0.15, -0.1) is 0 Å². The van der Waals surface area contributed by atoms with Crippen LogP contribution in [0.15, 0.2) is 73.1 Å². The maximum Gasteiger partial charge on any atom is 0.230 e. The number of carbonyl (C=O) groups is 2. The van der Waals surface area contributed by atoms with Gasteiger partial charge < -0.3 is 30.3 Å². The fourth-order valence-electron chi connectivity index (χ4n) is 8.03. The highest BCUT2D eigenvalue weighted by molar-refractivity contribution is 6.42. The number of ether oxygens (including phenoxy) is 2. The molecule has 14 heteroatoms. The summed E-state index contributed by atoms with van der Waals surface area (Å²) in [7, 11) is 0. The molecule has 53 heavy (non-hydrogen) atoms. The summed E-state index contributed by atoms with van der Waals surface area (Å²) in [5.74, 6) is -1.51. The monoisotopic (exact) mass is 800 g/mol. The van der Waals surface area contributed by atoms with Crippen LogP contribution < -0.4 is 10.6 Å². The number of fused-ring (bicyclic) bond motifs is 4. The maximum atomic E-state index is 13.0. The normalized spacial score (nSPS) is 29.2. The summed E-state index contributed by atoms with van der Waals surface area (Å²) >= 11 is 23.9. The highest BCUT2D eigenvalue weighted by atomic mass is 35.5. The zero-order valence-corrected chi connectivity index (χ0v) is 31.1. The van der Waals surface area contributed by atoms with Crippen LogP contribution in [-0.2, 0) is 19.1 Å². The molecule has 0 radical (unpaired) electrons. The molecule has 280 valence electrons. The Bertz CT molecular complexity index is 1860. The van der Waals surface area contributed by atoms with Crippen LogP contribution in [-0.4, -0.2) is 68.6 Å². The van der Waals surface area contributed by atoms with Crippen LogP contribution in [0.1, 0.15) is 54.6 Å². The molecule has 4 aromatic rings. The van der Waals surface area contributed by atoms with Gasteiger partial charge in [0.05, 0.1) is 68.6 Å². The molecule has 4 fully saturated rings. The van der Waals surface area contributed by atoms with Crippen molar-refractivity contribution in [2.24, 2.45) is 11.8 Å². The van der Waals surface area contributed by atoms with E-state index in [-0.39, 0.29) is 67.3 Å². The third kappa shape index (κ3) is 8.07. The molecule has 4 aliphatic rings. The van der Waals surface area contributed by atoms with Crippen LogP contribution in [0.5, 0.6) is 0 Å². The number of rotatable bonds is 6. The summed E-state index contributed by atoms with van der Waals surface area (Å²) in [6.07, 6.45) is 1.86. The molecule has 4 N–H and O–H groups in total. The van der Waals surface area contributed by atoms with Gasteiger partial charge in [0, 0.05) is 59.8 Å². The minimum absolute atomic E-state index is 0. The standard InChI is InChI=1S/2C19H18Cl2N2O3.CH4/c2*1-9-6-10(4-5-22-9)16-17(15-8-14(24)18(16)26-15)19(25)23-11-2-3-12(20)13(21)7-11;/h2*2-7,14-18,24H,8H2,1H3,(H,23,25);1H4/t2*14-,15+,16+,17-,18-;/m10./s1. The Balaban J connectivity index is 0.000000178. The molecule has 4 bridgehead atoms. The molecular weight excluding hydrogens is 762 g/mol. The van der Waals surface area contributed by atoms with Gasteiger partial charge in [-0.05, 0) is 85.6 Å². The van der Waals surface area contributed by atoms with Crippen molar-refractivity contribution < 1.29 is 29.3 Å². The molecule has 4 saturated heterocycles. The summed E-state index contributed by atoms with van der Waals surface area (Å²) in [5, 5.41) is 28.0. The van der Waals surface area contributed by atoms with Gasteiger partial charge in [-0.25, -0.2) is 0 Å². The van der Waals surface area contributed by atoms with Crippen molar-refractivity contribution in [3.8, 4) is 0 Å². The topological polar surface area (TPSA) is 143 Å². The number of anilines is 2. The molecule has 8 rings (SSSR count). The molecular formula is C39H40Cl4N4O6. The number of aromatic nitrogens is 2. The van der Waals surface area contributed by atoms with Gasteiger partial charge in [-0.1, -0.05) is 53.8 Å². The first-order chi connectivity index (χ1) is 24.9. The molecule has 0 aliphatic carbocycles. The van der Waals surface area contributed by atoms with Gasteiger partial charge in [0.25, 0.3) is 0 Å². The van der Waals surface area contributed by atoms with E-state index in [0.29, 0.717) is 44.3 Å². The van der Waals surface area contributed by atoms with Gasteiger partial charge in [0.15, 0.2) is 0 Å². The summed E-state index contributed by atoms with van der Waals surface area (Å²) in [6, 6.07) is 17.6. The Labute approximate surface area is 328 Å². The Hall–Kier alpha value is -3.32. The van der Waals surface area contributed by atoms with E-state index >= 15 is 0 Å². The quantitative estimate of drug-likeness (QED) is 0.155. The Morgan fingerprint density at radius 2 is 1.04 bits per heavy atom. The number of aliphatic hydroxyl groups is 2. The van der Waals surface area contributed by atoms with Gasteiger partial charge in [-0.3, -0.25) is 19.6 Å². The van der Waals surface area contributed by atoms with Crippen molar-refractivity contribution in [1.82, 2.24) is 9.97 Å². The molecule has 0 spiro atoms. The fourth-order valence-corrected chi connectivity index (χ4v) is 8.62. The number of aryl methyl sites for hydroxylation is 2. The van der Waals surface area contributed by atoms with Crippen LogP contribution >= 0.6 is 46.4 Å². The number of benzene rings is 2. The minimum atomic E-state index is -0.563. The molecule has 10 nitrogen and oxygen atoms in total. The molecule has 2 amide bonds. The largest absolute Gasteiger partial charge is 0.390 e. The number of carbonyl (C=O) groups excluding carboxylic acids is 2. The van der Waals surface area contributed by atoms with E-state index < -0.39 is 12.2 Å². The van der Waals surface area contributed by atoms with Crippen LogP contribution in [0.3, 0.4) is 0 Å². The van der Waals surface area contributed by atoms with Crippen LogP contribution in [0, 0.1) is 25.7 Å². The summed E-state index contributed by atoms with van der Waals surface area (Å²) in [5.41, 5.74) is 4.80. The van der Waals surface area contributed by atoms with E-state index in [1.807, 2.05) is 38.1 Å². The second kappa shape index (κ2) is 16.2. The third-order valence-electron chi connectivity index (χ3n) is 10.2. The molecule has 6 heterocycles. The van der Waals surface area contributed by atoms with Crippen molar-refractivity contribution in [2.75, 3.05) is 10.6 Å². The SMILES string of the molecule is C.Cc1cc([C@@H]2[C@@H]3O[C@@H](C[C@H]3O)[C@H]2C(=O)Nc2ccc(Cl)c(Cl)c2)ccn1.Cc1cc([C@H]2[C@H]3O[C@H](C[C@@H]3O)[C@@H]2C(=O)Nc2ccc(Cl)c(Cl)c2)ccn1. The number of nitrogens with zero attached hydrogens (tertiary/aromatic N) is 2. The number of aliphatic hydroxyl groups excluding tert-OH is 2. The third-order valence-corrected chi connectivity index (χ3v) is 11.7. The zero-order chi connectivity index (χ0) is 36.8. The predicted octanol–water partition coefficient (Wildman–Crippen LogP) is 7.77. The Kier molecular flexibility index (Phi) is 12.0. The van der Waals surface area contributed by atoms with E-state index in [1.165, 1.54) is 0 Å². The summed E-state index contributed by atoms with van der Waals surface area (Å²) in [6.45, 7) is 3.80.